The summed E-state index contributed by atoms with van der Waals surface area (Å²) in [4.78, 5) is 4.78. The number of benzene rings is 7. The predicted octanol–water partition coefficient (Wildman–Crippen LogP) is 12.4. The molecule has 0 atom stereocenters. The molecular formula is C48H35N3. The summed E-state index contributed by atoms with van der Waals surface area (Å²) in [5, 5.41) is 7.31. The number of pyridine rings is 1. The molecule has 0 radical (unpaired) electrons. The van der Waals surface area contributed by atoms with Gasteiger partial charge in [0.15, 0.2) is 0 Å². The number of hydrogen-bond donors (Lipinski definition) is 1. The average Bonchev–Trinajstić information content (AvgIpc) is 3.52. The standard InChI is InChI=1S/C48H35N3/c1-2-3-22-43(49)44-30-42-41-29-35(27-28-45(41)51(46(42)31-50-44)36-16-8-5-9-17-36)32-23-25-34(26-24-32)48-39-20-12-10-18-37(39)47(33-14-6-4-7-15-33)38-19-11-13-21-40(38)48/h2-31H,49H2,1H3/b3-2-,43-22-. The van der Waals surface area contributed by atoms with Crippen LogP contribution in [-0.4, -0.2) is 9.55 Å². The van der Waals surface area contributed by atoms with Gasteiger partial charge in [-0.15, -0.1) is 0 Å². The Bertz CT molecular complexity index is 2730. The summed E-state index contributed by atoms with van der Waals surface area (Å²) in [7, 11) is 0. The number of nitrogens with two attached hydrogens (primary N) is 1. The molecule has 0 aliphatic heterocycles. The van der Waals surface area contributed by atoms with Gasteiger partial charge in [0.2, 0.25) is 0 Å². The molecule has 0 fully saturated rings. The number of rotatable bonds is 6. The number of aromatic nitrogens is 2. The van der Waals surface area contributed by atoms with Gasteiger partial charge in [-0.1, -0.05) is 140 Å². The quantitative estimate of drug-likeness (QED) is 0.143. The van der Waals surface area contributed by atoms with Crippen molar-refractivity contribution in [2.45, 2.75) is 6.92 Å². The van der Waals surface area contributed by atoms with Crippen LogP contribution in [0.4, 0.5) is 0 Å². The Balaban J connectivity index is 1.20. The van der Waals surface area contributed by atoms with Gasteiger partial charge in [0.25, 0.3) is 0 Å². The molecule has 0 aliphatic rings. The fourth-order valence-corrected chi connectivity index (χ4v) is 7.58. The highest BCUT2D eigenvalue weighted by molar-refractivity contribution is 6.21. The smallest absolute Gasteiger partial charge is 0.0866 e. The monoisotopic (exact) mass is 653 g/mol. The largest absolute Gasteiger partial charge is 0.397 e. The van der Waals surface area contributed by atoms with Gasteiger partial charge in [-0.05, 0) is 98.3 Å². The Morgan fingerprint density at radius 3 is 1.63 bits per heavy atom. The molecule has 0 spiro atoms. The van der Waals surface area contributed by atoms with Crippen LogP contribution in [0.2, 0.25) is 0 Å². The molecule has 0 saturated heterocycles. The van der Waals surface area contributed by atoms with Crippen LogP contribution >= 0.6 is 0 Å². The lowest BCUT2D eigenvalue weighted by Gasteiger charge is -2.18. The molecule has 9 aromatic rings. The maximum absolute atomic E-state index is 6.46. The van der Waals surface area contributed by atoms with E-state index in [1.165, 1.54) is 43.8 Å². The number of nitrogens with zero attached hydrogens (tertiary/aromatic N) is 2. The molecule has 3 heteroatoms. The third-order valence-electron chi connectivity index (χ3n) is 9.93. The first kappa shape index (κ1) is 30.4. The third kappa shape index (κ3) is 5.19. The molecule has 0 unspecified atom stereocenters. The van der Waals surface area contributed by atoms with Gasteiger partial charge in [-0.2, -0.15) is 0 Å². The van der Waals surface area contributed by atoms with E-state index in [1.54, 1.807) is 0 Å². The van der Waals surface area contributed by atoms with Gasteiger partial charge < -0.3 is 10.3 Å². The van der Waals surface area contributed by atoms with Gasteiger partial charge in [0.1, 0.15) is 0 Å². The van der Waals surface area contributed by atoms with Crippen LogP contribution in [-0.2, 0) is 0 Å². The molecule has 2 heterocycles. The molecule has 0 aliphatic carbocycles. The van der Waals surface area contributed by atoms with E-state index in [1.807, 2.05) is 37.4 Å². The second-order valence-electron chi connectivity index (χ2n) is 12.9. The topological polar surface area (TPSA) is 43.8 Å². The van der Waals surface area contributed by atoms with Crippen molar-refractivity contribution >= 4 is 49.0 Å². The van der Waals surface area contributed by atoms with Gasteiger partial charge in [-0.3, -0.25) is 4.98 Å². The van der Waals surface area contributed by atoms with Gasteiger partial charge in [-0.25, -0.2) is 0 Å². The SMILES string of the molecule is C/C=C\C=C(/N)c1cc2c3cc(-c4ccc(-c5c6ccccc6c(-c6ccccc6)c6ccccc56)cc4)ccc3n(-c3ccccc3)c2cn1. The molecule has 9 rings (SSSR count). The summed E-state index contributed by atoms with van der Waals surface area (Å²) in [6, 6.07) is 56.8. The van der Waals surface area contributed by atoms with E-state index in [9.17, 15) is 0 Å². The van der Waals surface area contributed by atoms with Crippen LogP contribution in [0.15, 0.2) is 182 Å². The fraction of sp³-hybridized carbons (Fsp3) is 0.0208. The van der Waals surface area contributed by atoms with Gasteiger partial charge in [0.05, 0.1) is 28.6 Å². The van der Waals surface area contributed by atoms with Crippen LogP contribution in [0.1, 0.15) is 12.6 Å². The lowest BCUT2D eigenvalue weighted by Crippen LogP contribution is -1.99. The first-order chi connectivity index (χ1) is 25.2. The Hall–Kier alpha value is -6.71. The van der Waals surface area contributed by atoms with Crippen LogP contribution in [0.25, 0.3) is 88.1 Å². The van der Waals surface area contributed by atoms with Crippen molar-refractivity contribution in [3.05, 3.63) is 188 Å². The molecule has 2 N–H and O–H groups in total. The first-order valence-electron chi connectivity index (χ1n) is 17.4. The summed E-state index contributed by atoms with van der Waals surface area (Å²) in [5.74, 6) is 0. The van der Waals surface area contributed by atoms with E-state index in [4.69, 9.17) is 10.7 Å². The molecule has 0 amide bonds. The van der Waals surface area contributed by atoms with Gasteiger partial charge >= 0.3 is 0 Å². The number of para-hydroxylation sites is 1. The summed E-state index contributed by atoms with van der Waals surface area (Å²) in [5.41, 5.74) is 18.4. The van der Waals surface area contributed by atoms with E-state index in [-0.39, 0.29) is 0 Å². The number of hydrogen-bond acceptors (Lipinski definition) is 2. The lowest BCUT2D eigenvalue weighted by atomic mass is 9.86. The molecule has 0 bridgehead atoms. The van der Waals surface area contributed by atoms with E-state index >= 15 is 0 Å². The Kier molecular flexibility index (Phi) is 7.52. The molecule has 242 valence electrons. The van der Waals surface area contributed by atoms with E-state index < -0.39 is 0 Å². The number of fused-ring (bicyclic) bond motifs is 5. The summed E-state index contributed by atoms with van der Waals surface area (Å²) < 4.78 is 2.29. The van der Waals surface area contributed by atoms with Crippen LogP contribution < -0.4 is 5.73 Å². The molecule has 2 aromatic heterocycles. The minimum Gasteiger partial charge on any atom is -0.397 e. The van der Waals surface area contributed by atoms with Crippen LogP contribution in [0, 0.1) is 0 Å². The normalized spacial score (nSPS) is 12.1. The Morgan fingerprint density at radius 1 is 0.510 bits per heavy atom. The molecule has 3 nitrogen and oxygen atoms in total. The first-order valence-corrected chi connectivity index (χ1v) is 17.4. The summed E-state index contributed by atoms with van der Waals surface area (Å²) in [6.07, 6.45) is 7.76. The van der Waals surface area contributed by atoms with Crippen LogP contribution in [0.5, 0.6) is 0 Å². The Labute approximate surface area is 297 Å². The zero-order valence-electron chi connectivity index (χ0n) is 28.3. The molecular weight excluding hydrogens is 619 g/mol. The van der Waals surface area contributed by atoms with Crippen molar-refractivity contribution in [1.29, 1.82) is 0 Å². The van der Waals surface area contributed by atoms with Gasteiger partial charge in [0, 0.05) is 16.5 Å². The second kappa shape index (κ2) is 12.6. The van der Waals surface area contributed by atoms with Crippen molar-refractivity contribution in [3.8, 4) is 39.1 Å². The predicted molar refractivity (Wildman–Crippen MR) is 217 cm³/mol. The van der Waals surface area contributed by atoms with Crippen molar-refractivity contribution in [2.24, 2.45) is 5.73 Å². The zero-order chi connectivity index (χ0) is 34.3. The highest BCUT2D eigenvalue weighted by Crippen LogP contribution is 2.44. The zero-order valence-corrected chi connectivity index (χ0v) is 28.3. The van der Waals surface area contributed by atoms with Crippen LogP contribution in [0.3, 0.4) is 0 Å². The van der Waals surface area contributed by atoms with E-state index in [0.29, 0.717) is 5.70 Å². The highest BCUT2D eigenvalue weighted by atomic mass is 15.0. The minimum atomic E-state index is 0.638. The van der Waals surface area contributed by atoms with E-state index in [2.05, 4.69) is 156 Å². The number of allylic oxidation sites excluding steroid dienone is 3. The maximum atomic E-state index is 6.46. The van der Waals surface area contributed by atoms with Crippen molar-refractivity contribution in [2.75, 3.05) is 0 Å². The minimum absolute atomic E-state index is 0.638. The second-order valence-corrected chi connectivity index (χ2v) is 12.9. The highest BCUT2D eigenvalue weighted by Gasteiger charge is 2.18. The molecule has 7 aromatic carbocycles. The Morgan fingerprint density at radius 2 is 1.02 bits per heavy atom. The van der Waals surface area contributed by atoms with Crippen molar-refractivity contribution in [1.82, 2.24) is 9.55 Å². The maximum Gasteiger partial charge on any atom is 0.0866 e. The van der Waals surface area contributed by atoms with Crippen molar-refractivity contribution < 1.29 is 0 Å². The molecule has 51 heavy (non-hydrogen) atoms. The summed E-state index contributed by atoms with van der Waals surface area (Å²) in [6.45, 7) is 1.98. The summed E-state index contributed by atoms with van der Waals surface area (Å²) >= 11 is 0. The average molecular weight is 654 g/mol. The van der Waals surface area contributed by atoms with Crippen molar-refractivity contribution in [3.63, 3.8) is 0 Å². The fourth-order valence-electron chi connectivity index (χ4n) is 7.58. The molecule has 0 saturated carbocycles. The van der Waals surface area contributed by atoms with E-state index in [0.717, 1.165) is 44.3 Å². The third-order valence-corrected chi connectivity index (χ3v) is 9.93. The lowest BCUT2D eigenvalue weighted by molar-refractivity contribution is 1.16.